The van der Waals surface area contributed by atoms with Gasteiger partial charge in [-0.1, -0.05) is 30.3 Å². The molecule has 1 fully saturated rings. The second kappa shape index (κ2) is 9.14. The van der Waals surface area contributed by atoms with Gasteiger partial charge in [-0.15, -0.1) is 11.3 Å². The Bertz CT molecular complexity index is 1210. The van der Waals surface area contributed by atoms with Crippen molar-refractivity contribution in [1.82, 2.24) is 15.3 Å². The molecule has 0 radical (unpaired) electrons. The Morgan fingerprint density at radius 3 is 2.69 bits per heavy atom. The molecule has 0 spiro atoms. The van der Waals surface area contributed by atoms with E-state index in [4.69, 9.17) is 9.72 Å². The number of anilines is 1. The lowest BCUT2D eigenvalue weighted by Gasteiger charge is -2.36. The van der Waals surface area contributed by atoms with Crippen LogP contribution in [-0.4, -0.2) is 41.3 Å². The smallest absolute Gasteiger partial charge is 0.141 e. The van der Waals surface area contributed by atoms with Crippen molar-refractivity contribution in [2.45, 2.75) is 25.4 Å². The van der Waals surface area contributed by atoms with Gasteiger partial charge in [0.15, 0.2) is 0 Å². The maximum absolute atomic E-state index is 10.7. The summed E-state index contributed by atoms with van der Waals surface area (Å²) >= 11 is 1.65. The van der Waals surface area contributed by atoms with Crippen molar-refractivity contribution >= 4 is 27.4 Å². The third-order valence-corrected chi connectivity index (χ3v) is 6.98. The highest BCUT2D eigenvalue weighted by Gasteiger charge is 2.27. The van der Waals surface area contributed by atoms with Crippen LogP contribution in [0.3, 0.4) is 0 Å². The molecule has 0 aliphatic carbocycles. The van der Waals surface area contributed by atoms with Crippen LogP contribution in [0.15, 0.2) is 60.2 Å². The number of hydrogen-bond acceptors (Lipinski definition) is 7. The zero-order chi connectivity index (χ0) is 21.9. The maximum atomic E-state index is 10.7. The van der Waals surface area contributed by atoms with Gasteiger partial charge in [-0.3, -0.25) is 0 Å². The number of rotatable bonds is 6. The Labute approximate surface area is 191 Å². The molecule has 5 rings (SSSR count). The van der Waals surface area contributed by atoms with E-state index in [1.165, 1.54) is 0 Å². The van der Waals surface area contributed by atoms with Gasteiger partial charge in [-0.2, -0.15) is 0 Å². The van der Waals surface area contributed by atoms with E-state index in [0.717, 1.165) is 58.7 Å². The van der Waals surface area contributed by atoms with Crippen LogP contribution in [0.1, 0.15) is 18.4 Å². The van der Waals surface area contributed by atoms with Crippen molar-refractivity contribution in [3.63, 3.8) is 0 Å². The van der Waals surface area contributed by atoms with Gasteiger partial charge in [0.1, 0.15) is 28.5 Å². The van der Waals surface area contributed by atoms with Gasteiger partial charge >= 0.3 is 0 Å². The zero-order valence-corrected chi connectivity index (χ0v) is 18.8. The van der Waals surface area contributed by atoms with Crippen molar-refractivity contribution in [2.24, 2.45) is 0 Å². The lowest BCUT2D eigenvalue weighted by molar-refractivity contribution is 0.403. The molecular weight excluding hydrogens is 420 g/mol. The van der Waals surface area contributed by atoms with E-state index in [0.29, 0.717) is 18.3 Å². The maximum Gasteiger partial charge on any atom is 0.141 e. The highest BCUT2D eigenvalue weighted by molar-refractivity contribution is 7.17. The number of piperidine rings is 1. The van der Waals surface area contributed by atoms with Crippen LogP contribution in [0, 0.1) is 0 Å². The van der Waals surface area contributed by atoms with Crippen molar-refractivity contribution in [1.29, 1.82) is 0 Å². The van der Waals surface area contributed by atoms with Crippen LogP contribution in [0.2, 0.25) is 0 Å². The number of aromatic nitrogens is 2. The first-order valence-corrected chi connectivity index (χ1v) is 11.7. The molecule has 6 nitrogen and oxygen atoms in total. The monoisotopic (exact) mass is 446 g/mol. The number of phenolic OH excluding ortho intramolecular Hbond substituents is 1. The molecule has 32 heavy (non-hydrogen) atoms. The molecule has 7 heteroatoms. The van der Waals surface area contributed by atoms with Gasteiger partial charge in [0.25, 0.3) is 0 Å². The number of aromatic hydroxyl groups is 1. The standard InChI is InChI=1S/C25H26N4O2S/c1-31-20-8-7-18(22(30)13-20)14-29(19-9-11-26-12-10-19)24-23-21(17-5-3-2-4-6-17)15-32-25(23)28-16-27-24/h2-8,13,15-16,19,26,30H,9-12,14H2,1H3. The van der Waals surface area contributed by atoms with E-state index in [2.05, 4.69) is 44.8 Å². The summed E-state index contributed by atoms with van der Waals surface area (Å²) in [6.45, 7) is 2.51. The molecule has 1 aliphatic heterocycles. The fourth-order valence-electron chi connectivity index (χ4n) is 4.39. The summed E-state index contributed by atoms with van der Waals surface area (Å²) in [5.74, 6) is 1.81. The fourth-order valence-corrected chi connectivity index (χ4v) is 5.30. The Balaban J connectivity index is 1.62. The first-order chi connectivity index (χ1) is 15.7. The Morgan fingerprint density at radius 2 is 1.94 bits per heavy atom. The normalized spacial score (nSPS) is 14.5. The average molecular weight is 447 g/mol. The minimum Gasteiger partial charge on any atom is -0.507 e. The molecule has 2 aromatic heterocycles. The fraction of sp³-hybridized carbons (Fsp3) is 0.280. The zero-order valence-electron chi connectivity index (χ0n) is 18.0. The van der Waals surface area contributed by atoms with E-state index in [9.17, 15) is 5.11 Å². The number of nitrogens with one attached hydrogen (secondary N) is 1. The number of thiophene rings is 1. The van der Waals surface area contributed by atoms with Crippen LogP contribution in [0.25, 0.3) is 21.3 Å². The number of hydrogen-bond donors (Lipinski definition) is 2. The second-order valence-corrected chi connectivity index (χ2v) is 8.85. The summed E-state index contributed by atoms with van der Waals surface area (Å²) in [4.78, 5) is 12.7. The summed E-state index contributed by atoms with van der Waals surface area (Å²) in [7, 11) is 1.61. The van der Waals surface area contributed by atoms with Crippen LogP contribution >= 0.6 is 11.3 Å². The Morgan fingerprint density at radius 1 is 1.12 bits per heavy atom. The van der Waals surface area contributed by atoms with Crippen LogP contribution < -0.4 is 15.0 Å². The van der Waals surface area contributed by atoms with E-state index in [-0.39, 0.29) is 5.75 Å². The van der Waals surface area contributed by atoms with Gasteiger partial charge in [0.2, 0.25) is 0 Å². The molecule has 164 valence electrons. The summed E-state index contributed by atoms with van der Waals surface area (Å²) < 4.78 is 5.27. The van der Waals surface area contributed by atoms with Crippen LogP contribution in [-0.2, 0) is 6.54 Å². The first kappa shape index (κ1) is 20.7. The number of phenols is 1. The van der Waals surface area contributed by atoms with Gasteiger partial charge in [-0.05, 0) is 43.6 Å². The van der Waals surface area contributed by atoms with E-state index >= 15 is 0 Å². The number of nitrogens with zero attached hydrogens (tertiary/aromatic N) is 3. The van der Waals surface area contributed by atoms with Gasteiger partial charge in [-0.25, -0.2) is 9.97 Å². The predicted octanol–water partition coefficient (Wildman–Crippen LogP) is 4.83. The molecule has 2 N–H and O–H groups in total. The molecule has 1 aliphatic rings. The van der Waals surface area contributed by atoms with Gasteiger partial charge in [0.05, 0.1) is 12.5 Å². The van der Waals surface area contributed by atoms with E-state index in [1.54, 1.807) is 30.8 Å². The summed E-state index contributed by atoms with van der Waals surface area (Å²) in [5, 5.41) is 17.4. The molecule has 3 heterocycles. The van der Waals surface area contributed by atoms with Gasteiger partial charge in [0, 0.05) is 35.2 Å². The summed E-state index contributed by atoms with van der Waals surface area (Å²) in [6, 6.07) is 16.2. The average Bonchev–Trinajstić information content (AvgIpc) is 3.29. The van der Waals surface area contributed by atoms with Crippen molar-refractivity contribution < 1.29 is 9.84 Å². The predicted molar refractivity (Wildman–Crippen MR) is 130 cm³/mol. The van der Waals surface area contributed by atoms with Gasteiger partial charge < -0.3 is 20.1 Å². The molecule has 1 saturated heterocycles. The lowest BCUT2D eigenvalue weighted by Crippen LogP contribution is -2.43. The minimum atomic E-state index is 0.238. The molecule has 0 saturated carbocycles. The first-order valence-electron chi connectivity index (χ1n) is 10.9. The SMILES string of the molecule is COc1ccc(CN(c2ncnc3scc(-c4ccccc4)c23)C2CCNCC2)c(O)c1. The van der Waals surface area contributed by atoms with Crippen LogP contribution in [0.4, 0.5) is 5.82 Å². The largest absolute Gasteiger partial charge is 0.507 e. The molecule has 0 unspecified atom stereocenters. The highest BCUT2D eigenvalue weighted by Crippen LogP contribution is 2.40. The second-order valence-electron chi connectivity index (χ2n) is 8.00. The minimum absolute atomic E-state index is 0.238. The number of methoxy groups -OCH3 is 1. The summed E-state index contributed by atoms with van der Waals surface area (Å²) in [6.07, 6.45) is 3.70. The van der Waals surface area contributed by atoms with Crippen LogP contribution in [0.5, 0.6) is 11.5 Å². The van der Waals surface area contributed by atoms with E-state index < -0.39 is 0 Å². The molecule has 0 atom stereocenters. The Hall–Kier alpha value is -3.16. The third-order valence-electron chi connectivity index (χ3n) is 6.09. The number of benzene rings is 2. The van der Waals surface area contributed by atoms with Crippen molar-refractivity contribution in [3.05, 3.63) is 65.8 Å². The highest BCUT2D eigenvalue weighted by atomic mass is 32.1. The number of ether oxygens (including phenoxy) is 1. The topological polar surface area (TPSA) is 70.5 Å². The molecular formula is C25H26N4O2S. The third kappa shape index (κ3) is 4.01. The molecule has 2 aromatic carbocycles. The molecule has 4 aromatic rings. The molecule has 0 amide bonds. The van der Waals surface area contributed by atoms with Crippen molar-refractivity contribution in [2.75, 3.05) is 25.1 Å². The van der Waals surface area contributed by atoms with Crippen molar-refractivity contribution in [3.8, 4) is 22.6 Å². The number of fused-ring (bicyclic) bond motifs is 1. The summed E-state index contributed by atoms with van der Waals surface area (Å²) in [5.41, 5.74) is 3.17. The quantitative estimate of drug-likeness (QED) is 0.442. The Kier molecular flexibility index (Phi) is 5.92. The lowest BCUT2D eigenvalue weighted by atomic mass is 10.0. The molecule has 0 bridgehead atoms. The van der Waals surface area contributed by atoms with E-state index in [1.807, 2.05) is 18.2 Å².